The molecule has 0 aliphatic carbocycles. The van der Waals surface area contributed by atoms with E-state index < -0.39 is 6.10 Å². The first-order valence-corrected chi connectivity index (χ1v) is 5.09. The number of rotatable bonds is 2. The molecule has 2 rings (SSSR count). The molecule has 1 unspecified atom stereocenters. The zero-order valence-electron chi connectivity index (χ0n) is 9.25. The van der Waals surface area contributed by atoms with Crippen molar-refractivity contribution in [1.29, 1.82) is 5.26 Å². The van der Waals surface area contributed by atoms with Crippen LogP contribution in [0.25, 0.3) is 0 Å². The molecule has 0 saturated carbocycles. The molecule has 1 aliphatic heterocycles. The van der Waals surface area contributed by atoms with E-state index in [2.05, 4.69) is 4.98 Å². The molecule has 6 heteroatoms. The van der Waals surface area contributed by atoms with E-state index in [1.54, 1.807) is 6.07 Å². The molecular weight excluding hydrogens is 222 g/mol. The van der Waals surface area contributed by atoms with E-state index in [9.17, 15) is 9.90 Å². The number of amides is 1. The molecule has 1 N–H and O–H groups in total. The fourth-order valence-electron chi connectivity index (χ4n) is 1.81. The highest BCUT2D eigenvalue weighted by molar-refractivity contribution is 5.96. The van der Waals surface area contributed by atoms with E-state index in [1.165, 1.54) is 18.2 Å². The molecule has 0 spiro atoms. The largest absolute Gasteiger partial charge is 0.495 e. The fraction of sp³-hybridized carbons (Fsp3) is 0.364. The Morgan fingerprint density at radius 3 is 3.00 bits per heavy atom. The summed E-state index contributed by atoms with van der Waals surface area (Å²) in [4.78, 5) is 17.0. The minimum atomic E-state index is -0.706. The second-order valence-electron chi connectivity index (χ2n) is 3.69. The molecule has 17 heavy (non-hydrogen) atoms. The summed E-state index contributed by atoms with van der Waals surface area (Å²) >= 11 is 0. The number of hydrogen-bond donors (Lipinski definition) is 1. The van der Waals surface area contributed by atoms with Crippen molar-refractivity contribution in [3.05, 3.63) is 17.8 Å². The number of ether oxygens (including phenoxy) is 1. The third kappa shape index (κ3) is 1.92. The van der Waals surface area contributed by atoms with Gasteiger partial charge >= 0.3 is 0 Å². The lowest BCUT2D eigenvalue weighted by Gasteiger charge is -2.16. The first kappa shape index (κ1) is 11.4. The quantitative estimate of drug-likeness (QED) is 0.780. The summed E-state index contributed by atoms with van der Waals surface area (Å²) < 4.78 is 5.04. The third-order valence-corrected chi connectivity index (χ3v) is 2.58. The Kier molecular flexibility index (Phi) is 2.93. The van der Waals surface area contributed by atoms with Gasteiger partial charge in [0, 0.05) is 6.20 Å². The topological polar surface area (TPSA) is 86.5 Å². The number of pyridine rings is 1. The molecule has 0 aromatic carbocycles. The van der Waals surface area contributed by atoms with Gasteiger partial charge in [-0.2, -0.15) is 5.26 Å². The van der Waals surface area contributed by atoms with Gasteiger partial charge in [-0.25, -0.2) is 4.98 Å². The minimum absolute atomic E-state index is 0.0593. The number of aliphatic hydroxyl groups excluding tert-OH is 1. The van der Waals surface area contributed by atoms with Gasteiger partial charge in [-0.15, -0.1) is 0 Å². The van der Waals surface area contributed by atoms with Crippen molar-refractivity contribution in [3.63, 3.8) is 0 Å². The molecule has 1 amide bonds. The van der Waals surface area contributed by atoms with Gasteiger partial charge in [-0.05, 0) is 6.07 Å². The molecule has 0 radical (unpaired) electrons. The van der Waals surface area contributed by atoms with Gasteiger partial charge in [0.05, 0.1) is 26.2 Å². The summed E-state index contributed by atoms with van der Waals surface area (Å²) in [5.74, 6) is 0.370. The number of methoxy groups -OCH3 is 1. The van der Waals surface area contributed by atoms with Crippen LogP contribution in [0, 0.1) is 11.3 Å². The summed E-state index contributed by atoms with van der Waals surface area (Å²) in [5.41, 5.74) is 0.206. The zero-order valence-corrected chi connectivity index (χ0v) is 9.25. The Morgan fingerprint density at radius 2 is 2.47 bits per heavy atom. The van der Waals surface area contributed by atoms with E-state index in [-0.39, 0.29) is 30.3 Å². The van der Waals surface area contributed by atoms with Crippen LogP contribution in [-0.4, -0.2) is 35.8 Å². The maximum Gasteiger partial charge on any atom is 0.230 e. The summed E-state index contributed by atoms with van der Waals surface area (Å²) in [5, 5.41) is 18.5. The molecule has 0 bridgehead atoms. The van der Waals surface area contributed by atoms with Crippen molar-refractivity contribution in [1.82, 2.24) is 4.98 Å². The van der Waals surface area contributed by atoms with Crippen LogP contribution < -0.4 is 9.64 Å². The first-order valence-electron chi connectivity index (χ1n) is 5.09. The van der Waals surface area contributed by atoms with Crippen molar-refractivity contribution < 1.29 is 14.6 Å². The molecule has 1 aromatic rings. The van der Waals surface area contributed by atoms with Gasteiger partial charge < -0.3 is 9.84 Å². The molecule has 2 heterocycles. The molecule has 1 saturated heterocycles. The van der Waals surface area contributed by atoms with Gasteiger partial charge in [0.1, 0.15) is 17.4 Å². The number of aromatic nitrogens is 1. The summed E-state index contributed by atoms with van der Waals surface area (Å²) in [7, 11) is 1.45. The predicted molar refractivity (Wildman–Crippen MR) is 58.5 cm³/mol. The van der Waals surface area contributed by atoms with Crippen LogP contribution in [0.15, 0.2) is 12.3 Å². The smallest absolute Gasteiger partial charge is 0.230 e. The molecule has 1 aliphatic rings. The average Bonchev–Trinajstić information content (AvgIpc) is 2.67. The lowest BCUT2D eigenvalue weighted by Crippen LogP contribution is -2.27. The molecule has 6 nitrogen and oxygen atoms in total. The van der Waals surface area contributed by atoms with E-state index in [0.717, 1.165) is 0 Å². The highest BCUT2D eigenvalue weighted by Gasteiger charge is 2.32. The van der Waals surface area contributed by atoms with Crippen molar-refractivity contribution in [2.75, 3.05) is 18.6 Å². The molecular formula is C11H11N3O3. The number of β-amino-alcohol motifs (C(OH)–C–C–N with tert-alkyl or cyclic N) is 1. The second-order valence-corrected chi connectivity index (χ2v) is 3.69. The number of nitriles is 1. The zero-order chi connectivity index (χ0) is 12.4. The third-order valence-electron chi connectivity index (χ3n) is 2.58. The van der Waals surface area contributed by atoms with Gasteiger partial charge in [-0.3, -0.25) is 9.69 Å². The Labute approximate surface area is 98.1 Å². The van der Waals surface area contributed by atoms with Crippen LogP contribution in [0.3, 0.4) is 0 Å². The molecule has 1 fully saturated rings. The Bertz CT molecular complexity index is 495. The maximum absolute atomic E-state index is 11.6. The standard InChI is InChI=1S/C11H11N3O3/c1-17-9-2-3-13-11(8(9)5-12)14-6-7(15)4-10(14)16/h2-3,7,15H,4,6H2,1H3. The van der Waals surface area contributed by atoms with Crippen LogP contribution in [0.5, 0.6) is 5.75 Å². The number of carbonyl (C=O) groups excluding carboxylic acids is 1. The van der Waals surface area contributed by atoms with E-state index >= 15 is 0 Å². The van der Waals surface area contributed by atoms with Crippen molar-refractivity contribution in [2.45, 2.75) is 12.5 Å². The Morgan fingerprint density at radius 1 is 1.71 bits per heavy atom. The summed E-state index contributed by atoms with van der Waals surface area (Å²) in [6, 6.07) is 3.52. The summed E-state index contributed by atoms with van der Waals surface area (Å²) in [6.45, 7) is 0.160. The van der Waals surface area contributed by atoms with E-state index in [0.29, 0.717) is 5.75 Å². The SMILES string of the molecule is COc1ccnc(N2CC(O)CC2=O)c1C#N. The maximum atomic E-state index is 11.6. The van der Waals surface area contributed by atoms with Gasteiger partial charge in [0.25, 0.3) is 0 Å². The van der Waals surface area contributed by atoms with Crippen molar-refractivity contribution >= 4 is 11.7 Å². The van der Waals surface area contributed by atoms with Crippen LogP contribution in [0.1, 0.15) is 12.0 Å². The fourth-order valence-corrected chi connectivity index (χ4v) is 1.81. The average molecular weight is 233 g/mol. The molecule has 1 atom stereocenters. The van der Waals surface area contributed by atoms with E-state index in [1.807, 2.05) is 6.07 Å². The Balaban J connectivity index is 2.46. The first-order chi connectivity index (χ1) is 8.17. The van der Waals surface area contributed by atoms with Gasteiger partial charge in [0.2, 0.25) is 5.91 Å². The number of carbonyl (C=O) groups is 1. The number of anilines is 1. The number of aliphatic hydroxyl groups is 1. The van der Waals surface area contributed by atoms with Gasteiger partial charge in [0.15, 0.2) is 5.82 Å². The molecule has 88 valence electrons. The van der Waals surface area contributed by atoms with Crippen LogP contribution >= 0.6 is 0 Å². The van der Waals surface area contributed by atoms with Crippen molar-refractivity contribution in [3.8, 4) is 11.8 Å². The highest BCUT2D eigenvalue weighted by atomic mass is 16.5. The van der Waals surface area contributed by atoms with Crippen molar-refractivity contribution in [2.24, 2.45) is 0 Å². The lowest BCUT2D eigenvalue weighted by atomic mass is 10.2. The number of hydrogen-bond acceptors (Lipinski definition) is 5. The number of nitrogens with zero attached hydrogens (tertiary/aromatic N) is 3. The highest BCUT2D eigenvalue weighted by Crippen LogP contribution is 2.28. The predicted octanol–water partition coefficient (Wildman–Crippen LogP) is 0.0595. The van der Waals surface area contributed by atoms with Crippen LogP contribution in [-0.2, 0) is 4.79 Å². The lowest BCUT2D eigenvalue weighted by molar-refractivity contribution is -0.117. The van der Waals surface area contributed by atoms with Crippen LogP contribution in [0.4, 0.5) is 5.82 Å². The van der Waals surface area contributed by atoms with Crippen LogP contribution in [0.2, 0.25) is 0 Å². The van der Waals surface area contributed by atoms with E-state index in [4.69, 9.17) is 10.00 Å². The normalized spacial score (nSPS) is 19.2. The summed E-state index contributed by atoms with van der Waals surface area (Å²) in [6.07, 6.45) is 0.818. The minimum Gasteiger partial charge on any atom is -0.495 e. The molecule has 1 aromatic heterocycles. The Hall–Kier alpha value is -2.13. The monoisotopic (exact) mass is 233 g/mol. The second kappa shape index (κ2) is 4.39. The van der Waals surface area contributed by atoms with Gasteiger partial charge in [-0.1, -0.05) is 0 Å².